The molecule has 7 nitrogen and oxygen atoms in total. The van der Waals surface area contributed by atoms with Gasteiger partial charge in [0, 0.05) is 30.4 Å². The SMILES string of the molecule is C[C@@H]1CN(c2ccccc2C#N)C(=O)CN1C(=O)Cc1cn2ccsc2n1. The molecule has 1 fully saturated rings. The van der Waals surface area contributed by atoms with Crippen molar-refractivity contribution in [3.8, 4) is 6.07 Å². The van der Waals surface area contributed by atoms with Crippen LogP contribution in [0, 0.1) is 11.3 Å². The maximum Gasteiger partial charge on any atom is 0.246 e. The van der Waals surface area contributed by atoms with Crippen LogP contribution in [-0.4, -0.2) is 45.2 Å². The molecule has 3 heterocycles. The van der Waals surface area contributed by atoms with Crippen molar-refractivity contribution < 1.29 is 9.59 Å². The lowest BCUT2D eigenvalue weighted by atomic mass is 10.1. The molecule has 0 N–H and O–H groups in total. The Morgan fingerprint density at radius 1 is 1.41 bits per heavy atom. The smallest absolute Gasteiger partial charge is 0.246 e. The molecule has 0 radical (unpaired) electrons. The molecule has 0 unspecified atom stereocenters. The number of aromatic nitrogens is 2. The molecule has 2 aromatic heterocycles. The van der Waals surface area contributed by atoms with Crippen LogP contribution in [0.2, 0.25) is 0 Å². The number of carbonyl (C=O) groups is 2. The molecular weight excluding hydrogens is 362 g/mol. The van der Waals surface area contributed by atoms with E-state index in [9.17, 15) is 14.9 Å². The van der Waals surface area contributed by atoms with E-state index in [1.165, 1.54) is 11.3 Å². The van der Waals surface area contributed by atoms with Crippen molar-refractivity contribution in [2.75, 3.05) is 18.0 Å². The molecule has 0 spiro atoms. The molecule has 3 aromatic rings. The van der Waals surface area contributed by atoms with E-state index in [1.807, 2.05) is 29.1 Å². The highest BCUT2D eigenvalue weighted by Gasteiger charge is 2.34. The summed E-state index contributed by atoms with van der Waals surface area (Å²) in [4.78, 5) is 33.9. The summed E-state index contributed by atoms with van der Waals surface area (Å²) < 4.78 is 1.89. The summed E-state index contributed by atoms with van der Waals surface area (Å²) in [5, 5.41) is 11.2. The Hall–Kier alpha value is -3.18. The fourth-order valence-electron chi connectivity index (χ4n) is 3.34. The Bertz CT molecular complexity index is 1030. The third-order valence-corrected chi connectivity index (χ3v) is 5.47. The molecule has 1 aliphatic rings. The van der Waals surface area contributed by atoms with E-state index in [0.717, 1.165) is 4.96 Å². The van der Waals surface area contributed by atoms with Crippen LogP contribution in [0.3, 0.4) is 0 Å². The van der Waals surface area contributed by atoms with E-state index in [2.05, 4.69) is 11.1 Å². The average molecular weight is 379 g/mol. The van der Waals surface area contributed by atoms with Gasteiger partial charge in [-0.15, -0.1) is 11.3 Å². The van der Waals surface area contributed by atoms with E-state index in [0.29, 0.717) is 23.5 Å². The molecule has 8 heteroatoms. The second-order valence-electron chi connectivity index (χ2n) is 6.51. The number of carbonyl (C=O) groups excluding carboxylic acids is 2. The van der Waals surface area contributed by atoms with Gasteiger partial charge in [-0.05, 0) is 19.1 Å². The van der Waals surface area contributed by atoms with Gasteiger partial charge in [-0.25, -0.2) is 4.98 Å². The zero-order valence-electron chi connectivity index (χ0n) is 14.7. The Morgan fingerprint density at radius 3 is 3.00 bits per heavy atom. The summed E-state index contributed by atoms with van der Waals surface area (Å²) in [6.45, 7) is 2.28. The van der Waals surface area contributed by atoms with Crippen LogP contribution in [0.4, 0.5) is 5.69 Å². The molecular formula is C19H17N5O2S. The van der Waals surface area contributed by atoms with Crippen LogP contribution < -0.4 is 4.90 Å². The lowest BCUT2D eigenvalue weighted by molar-refractivity contribution is -0.138. The first-order valence-corrected chi connectivity index (χ1v) is 9.45. The number of rotatable bonds is 3. The van der Waals surface area contributed by atoms with Crippen LogP contribution in [0.1, 0.15) is 18.2 Å². The summed E-state index contributed by atoms with van der Waals surface area (Å²) in [7, 11) is 0. The van der Waals surface area contributed by atoms with Gasteiger partial charge in [0.05, 0.1) is 23.4 Å². The third-order valence-electron chi connectivity index (χ3n) is 4.70. The number of benzene rings is 1. The summed E-state index contributed by atoms with van der Waals surface area (Å²) >= 11 is 1.51. The number of piperazine rings is 1. The van der Waals surface area contributed by atoms with E-state index in [1.54, 1.807) is 34.1 Å². The largest absolute Gasteiger partial charge is 0.329 e. The van der Waals surface area contributed by atoms with Gasteiger partial charge < -0.3 is 9.80 Å². The number of amides is 2. The Labute approximate surface area is 160 Å². The average Bonchev–Trinajstić information content (AvgIpc) is 3.24. The topological polar surface area (TPSA) is 81.7 Å². The van der Waals surface area contributed by atoms with E-state index >= 15 is 0 Å². The van der Waals surface area contributed by atoms with Crippen molar-refractivity contribution in [3.05, 3.63) is 53.3 Å². The van der Waals surface area contributed by atoms with Crippen molar-refractivity contribution in [1.29, 1.82) is 5.26 Å². The first kappa shape index (κ1) is 17.2. The van der Waals surface area contributed by atoms with Crippen LogP contribution in [-0.2, 0) is 16.0 Å². The Morgan fingerprint density at radius 2 is 2.22 bits per heavy atom. The monoisotopic (exact) mass is 379 g/mol. The number of hydrogen-bond acceptors (Lipinski definition) is 5. The number of fused-ring (bicyclic) bond motifs is 1. The molecule has 136 valence electrons. The van der Waals surface area contributed by atoms with Crippen molar-refractivity contribution in [1.82, 2.24) is 14.3 Å². The molecule has 1 aliphatic heterocycles. The molecule has 1 atom stereocenters. The maximum atomic E-state index is 12.7. The number of thiazole rings is 1. The third kappa shape index (κ3) is 3.17. The van der Waals surface area contributed by atoms with Gasteiger partial charge >= 0.3 is 0 Å². The first-order chi connectivity index (χ1) is 13.1. The number of imidazole rings is 1. The Kier molecular flexibility index (Phi) is 4.38. The van der Waals surface area contributed by atoms with Crippen molar-refractivity contribution in [3.63, 3.8) is 0 Å². The predicted molar refractivity (Wildman–Crippen MR) is 101 cm³/mol. The van der Waals surface area contributed by atoms with Crippen LogP contribution in [0.25, 0.3) is 4.96 Å². The van der Waals surface area contributed by atoms with Crippen molar-refractivity contribution in [2.24, 2.45) is 0 Å². The lowest BCUT2D eigenvalue weighted by Crippen LogP contribution is -2.57. The summed E-state index contributed by atoms with van der Waals surface area (Å²) in [6, 6.07) is 9.00. The molecule has 1 aromatic carbocycles. The van der Waals surface area contributed by atoms with E-state index in [4.69, 9.17) is 0 Å². The summed E-state index contributed by atoms with van der Waals surface area (Å²) in [5.74, 6) is -0.301. The summed E-state index contributed by atoms with van der Waals surface area (Å²) in [5.41, 5.74) is 1.75. The lowest BCUT2D eigenvalue weighted by Gasteiger charge is -2.39. The van der Waals surface area contributed by atoms with Gasteiger partial charge in [-0.2, -0.15) is 5.26 Å². The summed E-state index contributed by atoms with van der Waals surface area (Å²) in [6.07, 6.45) is 3.91. The predicted octanol–water partition coefficient (Wildman–Crippen LogP) is 2.07. The zero-order valence-corrected chi connectivity index (χ0v) is 15.5. The zero-order chi connectivity index (χ0) is 19.0. The van der Waals surface area contributed by atoms with Crippen LogP contribution in [0.15, 0.2) is 42.0 Å². The molecule has 0 bridgehead atoms. The quantitative estimate of drug-likeness (QED) is 0.698. The molecule has 4 rings (SSSR count). The maximum absolute atomic E-state index is 12.7. The standard InChI is InChI=1S/C19H17N5O2S/c1-13-10-24(16-5-3-2-4-14(16)9-20)18(26)12-23(13)17(25)8-15-11-22-6-7-27-19(22)21-15/h2-7,11,13H,8,10,12H2,1H3/t13-/m1/s1. The minimum absolute atomic E-state index is 0.00197. The van der Waals surface area contributed by atoms with Gasteiger partial charge in [-0.3, -0.25) is 14.0 Å². The second-order valence-corrected chi connectivity index (χ2v) is 7.38. The van der Waals surface area contributed by atoms with Gasteiger partial charge in [0.25, 0.3) is 0 Å². The number of nitrogens with zero attached hydrogens (tertiary/aromatic N) is 5. The number of nitriles is 1. The van der Waals surface area contributed by atoms with Crippen molar-refractivity contribution in [2.45, 2.75) is 19.4 Å². The number of para-hydroxylation sites is 1. The van der Waals surface area contributed by atoms with E-state index in [-0.39, 0.29) is 30.8 Å². The minimum Gasteiger partial charge on any atom is -0.329 e. The first-order valence-electron chi connectivity index (χ1n) is 8.57. The molecule has 0 aliphatic carbocycles. The van der Waals surface area contributed by atoms with Crippen molar-refractivity contribution >= 4 is 33.8 Å². The van der Waals surface area contributed by atoms with Gasteiger partial charge in [-0.1, -0.05) is 12.1 Å². The normalized spacial score (nSPS) is 17.3. The minimum atomic E-state index is -0.185. The van der Waals surface area contributed by atoms with Gasteiger partial charge in [0.2, 0.25) is 11.8 Å². The highest BCUT2D eigenvalue weighted by Crippen LogP contribution is 2.24. The fraction of sp³-hybridized carbons (Fsp3) is 0.263. The number of hydrogen-bond donors (Lipinski definition) is 0. The Balaban J connectivity index is 1.50. The fourth-order valence-corrected chi connectivity index (χ4v) is 4.06. The second kappa shape index (κ2) is 6.85. The van der Waals surface area contributed by atoms with Gasteiger partial charge in [0.1, 0.15) is 12.6 Å². The highest BCUT2D eigenvalue weighted by molar-refractivity contribution is 7.15. The van der Waals surface area contributed by atoms with E-state index < -0.39 is 0 Å². The molecule has 1 saturated heterocycles. The van der Waals surface area contributed by atoms with Crippen LogP contribution in [0.5, 0.6) is 0 Å². The molecule has 0 saturated carbocycles. The van der Waals surface area contributed by atoms with Crippen LogP contribution >= 0.6 is 11.3 Å². The molecule has 2 amide bonds. The number of anilines is 1. The molecule has 27 heavy (non-hydrogen) atoms. The van der Waals surface area contributed by atoms with Gasteiger partial charge in [0.15, 0.2) is 4.96 Å². The highest BCUT2D eigenvalue weighted by atomic mass is 32.1.